The van der Waals surface area contributed by atoms with E-state index < -0.39 is 0 Å². The third-order valence-corrected chi connectivity index (χ3v) is 3.40. The van der Waals surface area contributed by atoms with Crippen molar-refractivity contribution in [1.82, 2.24) is 9.88 Å². The molecule has 0 aliphatic carbocycles. The second-order valence-electron chi connectivity index (χ2n) is 6.73. The Hall–Kier alpha value is -1.62. The van der Waals surface area contributed by atoms with E-state index in [0.717, 1.165) is 12.2 Å². The Morgan fingerprint density at radius 3 is 2.52 bits per heavy atom. The van der Waals surface area contributed by atoms with Gasteiger partial charge in [-0.05, 0) is 40.7 Å². The SMILES string of the molecule is CCNc1ccncc1C(=O)N1CC(C)(C)OC(C)(C)C1. The molecule has 1 amide bonds. The number of carbonyl (C=O) groups is 1. The number of ether oxygens (including phenoxy) is 1. The average Bonchev–Trinajstić information content (AvgIpc) is 2.35. The van der Waals surface area contributed by atoms with Gasteiger partial charge in [0.15, 0.2) is 0 Å². The minimum atomic E-state index is -0.349. The molecule has 0 unspecified atom stereocenters. The maximum absolute atomic E-state index is 12.9. The molecule has 1 N–H and O–H groups in total. The average molecular weight is 291 g/mol. The van der Waals surface area contributed by atoms with E-state index in [2.05, 4.69) is 10.3 Å². The molecule has 0 aromatic carbocycles. The minimum absolute atomic E-state index is 0.00324. The van der Waals surface area contributed by atoms with Crippen molar-refractivity contribution < 1.29 is 9.53 Å². The second kappa shape index (κ2) is 5.64. The molecule has 2 heterocycles. The molecule has 116 valence electrons. The molecular formula is C16H25N3O2. The summed E-state index contributed by atoms with van der Waals surface area (Å²) in [6.07, 6.45) is 3.33. The molecule has 1 aliphatic rings. The van der Waals surface area contributed by atoms with E-state index in [1.54, 1.807) is 12.4 Å². The van der Waals surface area contributed by atoms with Crippen molar-refractivity contribution in [3.05, 3.63) is 24.0 Å². The van der Waals surface area contributed by atoms with Crippen molar-refractivity contribution in [2.75, 3.05) is 25.0 Å². The van der Waals surface area contributed by atoms with Gasteiger partial charge in [0.2, 0.25) is 0 Å². The monoisotopic (exact) mass is 291 g/mol. The van der Waals surface area contributed by atoms with Crippen LogP contribution in [0, 0.1) is 0 Å². The quantitative estimate of drug-likeness (QED) is 0.930. The first-order valence-corrected chi connectivity index (χ1v) is 7.41. The van der Waals surface area contributed by atoms with Gasteiger partial charge in [-0.15, -0.1) is 0 Å². The van der Waals surface area contributed by atoms with Crippen molar-refractivity contribution in [2.24, 2.45) is 0 Å². The maximum Gasteiger partial charge on any atom is 0.257 e. The van der Waals surface area contributed by atoms with Crippen LogP contribution >= 0.6 is 0 Å². The van der Waals surface area contributed by atoms with Gasteiger partial charge in [-0.1, -0.05) is 0 Å². The van der Waals surface area contributed by atoms with E-state index in [9.17, 15) is 4.79 Å². The van der Waals surface area contributed by atoms with Crippen LogP contribution in [-0.4, -0.2) is 46.6 Å². The molecule has 0 radical (unpaired) electrons. The Kier molecular flexibility index (Phi) is 4.23. The number of rotatable bonds is 3. The summed E-state index contributed by atoms with van der Waals surface area (Å²) >= 11 is 0. The van der Waals surface area contributed by atoms with E-state index in [-0.39, 0.29) is 17.1 Å². The molecule has 1 aliphatic heterocycles. The molecule has 2 rings (SSSR count). The number of amides is 1. The number of nitrogens with one attached hydrogen (secondary N) is 1. The highest BCUT2D eigenvalue weighted by Crippen LogP contribution is 2.29. The standard InChI is InChI=1S/C16H25N3O2/c1-6-18-13-7-8-17-9-12(13)14(20)19-10-15(2,3)21-16(4,5)11-19/h7-9H,6,10-11H2,1-5H3,(H,17,18). The number of anilines is 1. The summed E-state index contributed by atoms with van der Waals surface area (Å²) in [6.45, 7) is 12.0. The van der Waals surface area contributed by atoms with Crippen LogP contribution in [0.25, 0.3) is 0 Å². The van der Waals surface area contributed by atoms with E-state index in [4.69, 9.17) is 4.74 Å². The lowest BCUT2D eigenvalue weighted by molar-refractivity contribution is -0.171. The Bertz CT molecular complexity index is 510. The predicted octanol–water partition coefficient (Wildman–Crippen LogP) is 2.54. The lowest BCUT2D eigenvalue weighted by Crippen LogP contribution is -2.58. The smallest absolute Gasteiger partial charge is 0.257 e. The van der Waals surface area contributed by atoms with E-state index in [1.807, 2.05) is 45.6 Å². The fraction of sp³-hybridized carbons (Fsp3) is 0.625. The van der Waals surface area contributed by atoms with Crippen molar-refractivity contribution >= 4 is 11.6 Å². The van der Waals surface area contributed by atoms with Gasteiger partial charge >= 0.3 is 0 Å². The highest BCUT2D eigenvalue weighted by atomic mass is 16.5. The van der Waals surface area contributed by atoms with Crippen LogP contribution in [0.15, 0.2) is 18.5 Å². The molecule has 21 heavy (non-hydrogen) atoms. The van der Waals surface area contributed by atoms with Crippen LogP contribution in [0.4, 0.5) is 5.69 Å². The Morgan fingerprint density at radius 2 is 1.95 bits per heavy atom. The highest BCUT2D eigenvalue weighted by Gasteiger charge is 2.40. The molecule has 1 fully saturated rings. The topological polar surface area (TPSA) is 54.5 Å². The summed E-state index contributed by atoms with van der Waals surface area (Å²) in [6, 6.07) is 1.84. The lowest BCUT2D eigenvalue weighted by Gasteiger charge is -2.47. The second-order valence-corrected chi connectivity index (χ2v) is 6.73. The Balaban J connectivity index is 2.27. The van der Waals surface area contributed by atoms with Crippen LogP contribution in [-0.2, 0) is 4.74 Å². The Labute approximate surface area is 126 Å². The summed E-state index contributed by atoms with van der Waals surface area (Å²) in [7, 11) is 0. The molecule has 1 aromatic heterocycles. The van der Waals surface area contributed by atoms with Gasteiger partial charge in [-0.2, -0.15) is 0 Å². The van der Waals surface area contributed by atoms with Crippen LogP contribution in [0.3, 0.4) is 0 Å². The summed E-state index contributed by atoms with van der Waals surface area (Å²) in [5.74, 6) is 0.00324. The third-order valence-electron chi connectivity index (χ3n) is 3.40. The van der Waals surface area contributed by atoms with Gasteiger partial charge < -0.3 is 15.0 Å². The van der Waals surface area contributed by atoms with Gasteiger partial charge in [0.25, 0.3) is 5.91 Å². The van der Waals surface area contributed by atoms with Crippen molar-refractivity contribution in [2.45, 2.75) is 45.8 Å². The molecule has 0 spiro atoms. The third kappa shape index (κ3) is 3.73. The summed E-state index contributed by atoms with van der Waals surface area (Å²) in [4.78, 5) is 18.8. The number of aromatic nitrogens is 1. The molecule has 0 atom stereocenters. The number of pyridine rings is 1. The van der Waals surface area contributed by atoms with Gasteiger partial charge in [0.1, 0.15) is 0 Å². The van der Waals surface area contributed by atoms with E-state index >= 15 is 0 Å². The zero-order chi connectivity index (χ0) is 15.7. The first-order valence-electron chi connectivity index (χ1n) is 7.41. The first-order chi connectivity index (χ1) is 9.74. The molecule has 1 aromatic rings. The van der Waals surface area contributed by atoms with Crippen molar-refractivity contribution in [3.8, 4) is 0 Å². The fourth-order valence-corrected chi connectivity index (χ4v) is 3.01. The fourth-order valence-electron chi connectivity index (χ4n) is 3.01. The number of nitrogens with zero attached hydrogens (tertiary/aromatic N) is 2. The largest absolute Gasteiger partial charge is 0.385 e. The molecule has 0 saturated carbocycles. The van der Waals surface area contributed by atoms with Crippen molar-refractivity contribution in [3.63, 3.8) is 0 Å². The highest BCUT2D eigenvalue weighted by molar-refractivity contribution is 5.99. The maximum atomic E-state index is 12.9. The minimum Gasteiger partial charge on any atom is -0.385 e. The summed E-state index contributed by atoms with van der Waals surface area (Å²) in [5, 5.41) is 3.22. The number of morpholine rings is 1. The number of carbonyl (C=O) groups excluding carboxylic acids is 1. The van der Waals surface area contributed by atoms with E-state index in [0.29, 0.717) is 18.7 Å². The summed E-state index contributed by atoms with van der Waals surface area (Å²) in [5.41, 5.74) is 0.753. The van der Waals surface area contributed by atoms with Gasteiger partial charge in [0, 0.05) is 32.0 Å². The summed E-state index contributed by atoms with van der Waals surface area (Å²) < 4.78 is 6.03. The van der Waals surface area contributed by atoms with E-state index in [1.165, 1.54) is 0 Å². The first kappa shape index (κ1) is 15.8. The van der Waals surface area contributed by atoms with Crippen LogP contribution in [0.2, 0.25) is 0 Å². The normalized spacial score (nSPS) is 20.1. The van der Waals surface area contributed by atoms with Gasteiger partial charge in [-0.3, -0.25) is 9.78 Å². The Morgan fingerprint density at radius 1 is 1.33 bits per heavy atom. The molecule has 5 heteroatoms. The van der Waals surface area contributed by atoms with Crippen molar-refractivity contribution in [1.29, 1.82) is 0 Å². The van der Waals surface area contributed by atoms with Crippen LogP contribution in [0.1, 0.15) is 45.0 Å². The molecule has 0 bridgehead atoms. The van der Waals surface area contributed by atoms with Gasteiger partial charge in [0.05, 0.1) is 22.5 Å². The molecule has 5 nitrogen and oxygen atoms in total. The zero-order valence-corrected chi connectivity index (χ0v) is 13.6. The van der Waals surface area contributed by atoms with Gasteiger partial charge in [-0.25, -0.2) is 0 Å². The zero-order valence-electron chi connectivity index (χ0n) is 13.6. The molecular weight excluding hydrogens is 266 g/mol. The molecule has 1 saturated heterocycles. The number of hydrogen-bond donors (Lipinski definition) is 1. The predicted molar refractivity (Wildman–Crippen MR) is 83.5 cm³/mol. The van der Waals surface area contributed by atoms with Crippen LogP contribution < -0.4 is 5.32 Å². The van der Waals surface area contributed by atoms with Crippen LogP contribution in [0.5, 0.6) is 0 Å². The lowest BCUT2D eigenvalue weighted by atomic mass is 9.98. The number of hydrogen-bond acceptors (Lipinski definition) is 4.